The molecule has 0 aliphatic rings. The number of aryl methyl sites for hydroxylation is 1. The Morgan fingerprint density at radius 1 is 1.00 bits per heavy atom. The molecule has 0 atom stereocenters. The fourth-order valence-electron chi connectivity index (χ4n) is 1.01. The molecule has 11 heavy (non-hydrogen) atoms. The summed E-state index contributed by atoms with van der Waals surface area (Å²) in [6, 6.07) is 4.18. The van der Waals surface area contributed by atoms with Crippen LogP contribution in [0.25, 0.3) is 0 Å². The first-order valence-corrected chi connectivity index (χ1v) is 3.51. The molecule has 0 N–H and O–H groups in total. The predicted molar refractivity (Wildman–Crippen MR) is 45.1 cm³/mol. The number of hydrogen-bond donors (Lipinski definition) is 0. The first kappa shape index (κ1) is 11.2. The molecule has 0 nitrogen and oxygen atoms in total. The summed E-state index contributed by atoms with van der Waals surface area (Å²) >= 11 is 0. The molecule has 0 aromatic heterocycles. The van der Waals surface area contributed by atoms with Gasteiger partial charge in [-0.05, 0) is 6.92 Å². The molecule has 0 bridgehead atoms. The fourth-order valence-corrected chi connectivity index (χ4v) is 1.01. The van der Waals surface area contributed by atoms with E-state index in [0.29, 0.717) is 0 Å². The van der Waals surface area contributed by atoms with Crippen molar-refractivity contribution in [1.82, 2.24) is 0 Å². The van der Waals surface area contributed by atoms with Crippen molar-refractivity contribution < 1.29 is 32.7 Å². The van der Waals surface area contributed by atoms with Crippen molar-refractivity contribution in [3.63, 3.8) is 0 Å². The van der Waals surface area contributed by atoms with Crippen LogP contribution in [0.2, 0.25) is 0 Å². The molecule has 0 saturated carbocycles. The smallest absolute Gasteiger partial charge is 0 e. The minimum atomic E-state index is 0. The van der Waals surface area contributed by atoms with Crippen LogP contribution < -0.4 is 0 Å². The predicted octanol–water partition coefficient (Wildman–Crippen LogP) is 2.79. The SMILES string of the molecule is [CH2-]c1ccc(C)c(C)c1C.[Y]. The maximum atomic E-state index is 3.92. The summed E-state index contributed by atoms with van der Waals surface area (Å²) in [5.41, 5.74) is 5.18. The second-order valence-corrected chi connectivity index (χ2v) is 2.79. The molecule has 57 valence electrons. The summed E-state index contributed by atoms with van der Waals surface area (Å²) in [4.78, 5) is 0. The molecule has 0 aliphatic carbocycles. The fraction of sp³-hybridized carbons (Fsp3) is 0.300. The standard InChI is InChI=1S/C10H13.Y/c1-7-5-6-8(2)10(4)9(7)3;/h5-6H,1H2,2-4H3;/q-1;. The molecule has 1 radical (unpaired) electrons. The summed E-state index contributed by atoms with van der Waals surface area (Å²) in [5, 5.41) is 0. The largest absolute Gasteiger partial charge is 0.198 e. The molecule has 1 heteroatoms. The average molecular weight is 222 g/mol. The Labute approximate surface area is 94.3 Å². The second-order valence-electron chi connectivity index (χ2n) is 2.79. The summed E-state index contributed by atoms with van der Waals surface area (Å²) in [6.07, 6.45) is 0. The van der Waals surface area contributed by atoms with Crippen LogP contribution >= 0.6 is 0 Å². The Morgan fingerprint density at radius 2 is 1.55 bits per heavy atom. The maximum absolute atomic E-state index is 3.92. The van der Waals surface area contributed by atoms with E-state index in [1.165, 1.54) is 16.7 Å². The van der Waals surface area contributed by atoms with E-state index in [-0.39, 0.29) is 32.7 Å². The van der Waals surface area contributed by atoms with Crippen LogP contribution in [0.15, 0.2) is 12.1 Å². The number of rotatable bonds is 0. The molecule has 0 unspecified atom stereocenters. The summed E-state index contributed by atoms with van der Waals surface area (Å²) in [5.74, 6) is 0. The Morgan fingerprint density at radius 3 is 2.00 bits per heavy atom. The van der Waals surface area contributed by atoms with Crippen molar-refractivity contribution in [1.29, 1.82) is 0 Å². The summed E-state index contributed by atoms with van der Waals surface area (Å²) in [6.45, 7) is 10.3. The topological polar surface area (TPSA) is 0 Å². The molecular weight excluding hydrogens is 209 g/mol. The molecule has 0 heterocycles. The molecule has 0 aliphatic heterocycles. The van der Waals surface area contributed by atoms with Gasteiger partial charge in [0.1, 0.15) is 0 Å². The van der Waals surface area contributed by atoms with Crippen molar-refractivity contribution >= 4 is 0 Å². The van der Waals surface area contributed by atoms with Gasteiger partial charge in [0.2, 0.25) is 0 Å². The van der Waals surface area contributed by atoms with Gasteiger partial charge in [0.05, 0.1) is 0 Å². The van der Waals surface area contributed by atoms with Crippen LogP contribution in [0, 0.1) is 27.7 Å². The monoisotopic (exact) mass is 222 g/mol. The van der Waals surface area contributed by atoms with Crippen molar-refractivity contribution in [3.05, 3.63) is 41.3 Å². The third kappa shape index (κ3) is 2.32. The molecule has 0 saturated heterocycles. The number of benzene rings is 1. The van der Waals surface area contributed by atoms with Crippen molar-refractivity contribution in [2.45, 2.75) is 20.8 Å². The van der Waals surface area contributed by atoms with E-state index < -0.39 is 0 Å². The zero-order chi connectivity index (χ0) is 7.72. The van der Waals surface area contributed by atoms with Gasteiger partial charge >= 0.3 is 0 Å². The third-order valence-corrected chi connectivity index (χ3v) is 2.17. The molecule has 1 aromatic rings. The van der Waals surface area contributed by atoms with Gasteiger partial charge in [0.25, 0.3) is 0 Å². The molecule has 0 spiro atoms. The molecule has 0 fully saturated rings. The van der Waals surface area contributed by atoms with Crippen LogP contribution in [0.3, 0.4) is 0 Å². The normalized spacial score (nSPS) is 9.00. The quantitative estimate of drug-likeness (QED) is 0.592. The zero-order valence-electron chi connectivity index (χ0n) is 7.44. The minimum Gasteiger partial charge on any atom is -0.198 e. The second kappa shape index (κ2) is 4.28. The third-order valence-electron chi connectivity index (χ3n) is 2.17. The van der Waals surface area contributed by atoms with Crippen molar-refractivity contribution in [3.8, 4) is 0 Å². The van der Waals surface area contributed by atoms with Gasteiger partial charge in [-0.2, -0.15) is 18.6 Å². The minimum absolute atomic E-state index is 0. The first-order valence-electron chi connectivity index (χ1n) is 3.51. The van der Waals surface area contributed by atoms with Crippen LogP contribution in [0.4, 0.5) is 0 Å². The van der Waals surface area contributed by atoms with Crippen LogP contribution in [-0.4, -0.2) is 0 Å². The molecular formula is C10H13Y-. The van der Waals surface area contributed by atoms with E-state index in [0.717, 1.165) is 5.56 Å². The first-order chi connectivity index (χ1) is 4.63. The van der Waals surface area contributed by atoms with E-state index in [1.807, 2.05) is 0 Å². The number of hydrogen-bond acceptors (Lipinski definition) is 0. The average Bonchev–Trinajstić information content (AvgIpc) is 1.93. The Kier molecular flexibility index (Phi) is 4.35. The van der Waals surface area contributed by atoms with Gasteiger partial charge < -0.3 is 0 Å². The maximum Gasteiger partial charge on any atom is 0 e. The van der Waals surface area contributed by atoms with E-state index in [1.54, 1.807) is 0 Å². The van der Waals surface area contributed by atoms with Crippen LogP contribution in [-0.2, 0) is 32.7 Å². The van der Waals surface area contributed by atoms with Gasteiger partial charge in [-0.3, -0.25) is 0 Å². The van der Waals surface area contributed by atoms with E-state index >= 15 is 0 Å². The van der Waals surface area contributed by atoms with Gasteiger partial charge in [0, 0.05) is 32.7 Å². The van der Waals surface area contributed by atoms with Gasteiger partial charge in [-0.1, -0.05) is 19.4 Å². The van der Waals surface area contributed by atoms with Crippen LogP contribution in [0.5, 0.6) is 0 Å². The Bertz CT molecular complexity index is 224. The van der Waals surface area contributed by atoms with Gasteiger partial charge in [-0.25, -0.2) is 0 Å². The van der Waals surface area contributed by atoms with Crippen molar-refractivity contribution in [2.75, 3.05) is 0 Å². The summed E-state index contributed by atoms with van der Waals surface area (Å²) < 4.78 is 0. The molecule has 0 amide bonds. The van der Waals surface area contributed by atoms with Gasteiger partial charge in [0.15, 0.2) is 0 Å². The zero-order valence-corrected chi connectivity index (χ0v) is 10.3. The Balaban J connectivity index is 0.000001000. The Hall–Kier alpha value is 0.194. The molecule has 1 rings (SSSR count). The van der Waals surface area contributed by atoms with E-state index in [9.17, 15) is 0 Å². The van der Waals surface area contributed by atoms with Gasteiger partial charge in [-0.15, -0.1) is 17.2 Å². The summed E-state index contributed by atoms with van der Waals surface area (Å²) in [7, 11) is 0. The van der Waals surface area contributed by atoms with Crippen molar-refractivity contribution in [2.24, 2.45) is 0 Å². The van der Waals surface area contributed by atoms with Crippen LogP contribution in [0.1, 0.15) is 22.3 Å². The molecule has 1 aromatic carbocycles. The van der Waals surface area contributed by atoms with E-state index in [2.05, 4.69) is 39.8 Å². The van der Waals surface area contributed by atoms with E-state index in [4.69, 9.17) is 0 Å².